The molecule has 1 aromatic carbocycles. The van der Waals surface area contributed by atoms with Gasteiger partial charge in [-0.15, -0.1) is 11.6 Å². The van der Waals surface area contributed by atoms with Crippen molar-refractivity contribution in [3.8, 4) is 0 Å². The van der Waals surface area contributed by atoms with Gasteiger partial charge in [-0.3, -0.25) is 4.79 Å². The van der Waals surface area contributed by atoms with Crippen molar-refractivity contribution in [2.75, 3.05) is 5.88 Å². The number of nitrogens with one attached hydrogen (secondary N) is 1. The number of carbonyl (C=O) groups is 1. The van der Waals surface area contributed by atoms with Gasteiger partial charge in [-0.1, -0.05) is 0 Å². The van der Waals surface area contributed by atoms with E-state index in [2.05, 4.69) is 9.97 Å². The fraction of sp³-hybridized carbons (Fsp3) is 0.429. The highest BCUT2D eigenvalue weighted by Crippen LogP contribution is 2.39. The lowest BCUT2D eigenvalue weighted by molar-refractivity contribution is 0.0982. The van der Waals surface area contributed by atoms with Gasteiger partial charge in [0.15, 0.2) is 5.78 Å². The molecule has 2 aromatic rings. The Bertz CT molecular complexity index is 586. The first kappa shape index (κ1) is 11.7. The first-order valence-electron chi connectivity index (χ1n) is 6.37. The third-order valence-corrected chi connectivity index (χ3v) is 3.59. The van der Waals surface area contributed by atoms with E-state index < -0.39 is 0 Å². The highest BCUT2D eigenvalue weighted by Gasteiger charge is 2.26. The molecule has 1 N–H and O–H groups in total. The van der Waals surface area contributed by atoms with Crippen LogP contribution in [0.25, 0.3) is 11.0 Å². The van der Waals surface area contributed by atoms with Crippen molar-refractivity contribution in [3.05, 3.63) is 29.6 Å². The predicted octanol–water partition coefficient (Wildman–Crippen LogP) is 3.64. The topological polar surface area (TPSA) is 45.8 Å². The largest absolute Gasteiger partial charge is 0.342 e. The van der Waals surface area contributed by atoms with Crippen molar-refractivity contribution >= 4 is 28.4 Å². The van der Waals surface area contributed by atoms with E-state index in [1.54, 1.807) is 0 Å². The van der Waals surface area contributed by atoms with Gasteiger partial charge in [0.05, 0.1) is 11.0 Å². The van der Waals surface area contributed by atoms with Crippen molar-refractivity contribution in [2.45, 2.75) is 31.6 Å². The molecular weight excluding hydrogens is 248 g/mol. The highest BCUT2D eigenvalue weighted by atomic mass is 35.5. The number of hydrogen-bond acceptors (Lipinski definition) is 2. The Morgan fingerprint density at radius 3 is 3.00 bits per heavy atom. The van der Waals surface area contributed by atoms with Gasteiger partial charge < -0.3 is 4.98 Å². The van der Waals surface area contributed by atoms with Crippen LogP contribution >= 0.6 is 11.6 Å². The van der Waals surface area contributed by atoms with Crippen LogP contribution in [0.4, 0.5) is 0 Å². The summed E-state index contributed by atoms with van der Waals surface area (Å²) in [4.78, 5) is 19.8. The number of carbonyl (C=O) groups excluding carboxylic acids is 1. The lowest BCUT2D eigenvalue weighted by atomic mass is 10.1. The molecule has 0 spiro atoms. The monoisotopic (exact) mass is 262 g/mol. The van der Waals surface area contributed by atoms with Crippen molar-refractivity contribution in [1.29, 1.82) is 0 Å². The second kappa shape index (κ2) is 4.73. The Morgan fingerprint density at radius 2 is 2.28 bits per heavy atom. The summed E-state index contributed by atoms with van der Waals surface area (Å²) in [6, 6.07) is 5.69. The average Bonchev–Trinajstić information content (AvgIpc) is 3.15. The van der Waals surface area contributed by atoms with Crippen molar-refractivity contribution in [3.63, 3.8) is 0 Å². The predicted molar refractivity (Wildman–Crippen MR) is 72.4 cm³/mol. The number of Topliss-reactive ketones (excluding diaryl/α,β-unsaturated/α-hetero) is 1. The second-order valence-electron chi connectivity index (χ2n) is 4.84. The van der Waals surface area contributed by atoms with Crippen LogP contribution in [0.15, 0.2) is 18.2 Å². The summed E-state index contributed by atoms with van der Waals surface area (Å²) >= 11 is 5.60. The maximum atomic E-state index is 11.9. The third kappa shape index (κ3) is 2.27. The molecule has 0 amide bonds. The normalized spacial score (nSPS) is 15.2. The van der Waals surface area contributed by atoms with E-state index in [4.69, 9.17) is 11.6 Å². The molecule has 1 heterocycles. The molecule has 0 aliphatic heterocycles. The minimum atomic E-state index is 0.153. The zero-order valence-electron chi connectivity index (χ0n) is 10.1. The van der Waals surface area contributed by atoms with Crippen molar-refractivity contribution in [2.24, 2.45) is 0 Å². The second-order valence-corrected chi connectivity index (χ2v) is 5.22. The standard InChI is InChI=1S/C14H15ClN2O/c15-7-1-2-13(18)10-5-6-11-12(8-10)17-14(16-11)9-3-4-9/h5-6,8-9H,1-4,7H2,(H,16,17). The molecule has 0 saturated heterocycles. The molecule has 0 bridgehead atoms. The van der Waals surface area contributed by atoms with Crippen LogP contribution in [0.1, 0.15) is 47.8 Å². The van der Waals surface area contributed by atoms with Gasteiger partial charge >= 0.3 is 0 Å². The Hall–Kier alpha value is -1.35. The molecule has 1 saturated carbocycles. The Morgan fingerprint density at radius 1 is 1.44 bits per heavy atom. The van der Waals surface area contributed by atoms with Crippen LogP contribution in [-0.4, -0.2) is 21.6 Å². The van der Waals surface area contributed by atoms with E-state index in [0.29, 0.717) is 18.2 Å². The van der Waals surface area contributed by atoms with Crippen LogP contribution in [-0.2, 0) is 0 Å². The van der Waals surface area contributed by atoms with Gasteiger partial charge in [0.1, 0.15) is 5.82 Å². The molecular formula is C14H15ClN2O. The van der Waals surface area contributed by atoms with Crippen LogP contribution in [0, 0.1) is 0 Å². The summed E-state index contributed by atoms with van der Waals surface area (Å²) in [7, 11) is 0. The van der Waals surface area contributed by atoms with Gasteiger partial charge in [-0.2, -0.15) is 0 Å². The van der Waals surface area contributed by atoms with Crippen molar-refractivity contribution < 1.29 is 4.79 Å². The number of halogens is 1. The van der Waals surface area contributed by atoms with E-state index in [0.717, 1.165) is 28.8 Å². The zero-order chi connectivity index (χ0) is 12.5. The first-order valence-corrected chi connectivity index (χ1v) is 6.90. The van der Waals surface area contributed by atoms with Gasteiger partial charge in [0, 0.05) is 23.8 Å². The first-order chi connectivity index (χ1) is 8.78. The number of rotatable bonds is 5. The Labute approximate surface area is 111 Å². The zero-order valence-corrected chi connectivity index (χ0v) is 10.8. The van der Waals surface area contributed by atoms with Gasteiger partial charge in [0.2, 0.25) is 0 Å². The smallest absolute Gasteiger partial charge is 0.162 e. The van der Waals surface area contributed by atoms with E-state index in [9.17, 15) is 4.79 Å². The Kier molecular flexibility index (Phi) is 3.08. The summed E-state index contributed by atoms with van der Waals surface area (Å²) in [6.07, 6.45) is 3.69. The number of ketones is 1. The lowest BCUT2D eigenvalue weighted by Gasteiger charge is -1.99. The number of aromatic nitrogens is 2. The maximum absolute atomic E-state index is 11.9. The van der Waals surface area contributed by atoms with Gasteiger partial charge in [-0.05, 0) is 37.5 Å². The van der Waals surface area contributed by atoms with E-state index >= 15 is 0 Å². The number of benzene rings is 1. The van der Waals surface area contributed by atoms with Crippen molar-refractivity contribution in [1.82, 2.24) is 9.97 Å². The minimum Gasteiger partial charge on any atom is -0.342 e. The van der Waals surface area contributed by atoms with E-state index in [-0.39, 0.29) is 5.78 Å². The molecule has 3 rings (SSSR count). The Balaban J connectivity index is 1.87. The van der Waals surface area contributed by atoms with E-state index in [1.165, 1.54) is 12.8 Å². The molecule has 1 fully saturated rings. The molecule has 1 aromatic heterocycles. The lowest BCUT2D eigenvalue weighted by Crippen LogP contribution is -1.98. The molecule has 94 valence electrons. The minimum absolute atomic E-state index is 0.153. The molecule has 0 atom stereocenters. The van der Waals surface area contributed by atoms with Crippen LogP contribution in [0.3, 0.4) is 0 Å². The number of fused-ring (bicyclic) bond motifs is 1. The van der Waals surface area contributed by atoms with Crippen LogP contribution < -0.4 is 0 Å². The molecule has 18 heavy (non-hydrogen) atoms. The molecule has 1 aliphatic carbocycles. The van der Waals surface area contributed by atoms with Crippen LogP contribution in [0.5, 0.6) is 0 Å². The molecule has 3 nitrogen and oxygen atoms in total. The number of H-pyrrole nitrogens is 1. The maximum Gasteiger partial charge on any atom is 0.162 e. The molecule has 4 heteroatoms. The summed E-state index contributed by atoms with van der Waals surface area (Å²) in [5, 5.41) is 0. The van der Waals surface area contributed by atoms with Gasteiger partial charge in [-0.25, -0.2) is 4.98 Å². The fourth-order valence-corrected chi connectivity index (χ4v) is 2.26. The molecule has 0 radical (unpaired) electrons. The number of aromatic amines is 1. The summed E-state index contributed by atoms with van der Waals surface area (Å²) in [5.41, 5.74) is 2.66. The summed E-state index contributed by atoms with van der Waals surface area (Å²) in [5.74, 6) is 2.35. The summed E-state index contributed by atoms with van der Waals surface area (Å²) in [6.45, 7) is 0. The highest BCUT2D eigenvalue weighted by molar-refractivity contribution is 6.18. The van der Waals surface area contributed by atoms with Gasteiger partial charge in [0.25, 0.3) is 0 Å². The van der Waals surface area contributed by atoms with E-state index in [1.807, 2.05) is 18.2 Å². The molecule has 0 unspecified atom stereocenters. The quantitative estimate of drug-likeness (QED) is 0.660. The third-order valence-electron chi connectivity index (χ3n) is 3.32. The number of hydrogen-bond donors (Lipinski definition) is 1. The summed E-state index contributed by atoms with van der Waals surface area (Å²) < 4.78 is 0. The SMILES string of the molecule is O=C(CCCCl)c1ccc2nc(C3CC3)[nH]c2c1. The molecule has 1 aliphatic rings. The number of imidazole rings is 1. The van der Waals surface area contributed by atoms with Crippen LogP contribution in [0.2, 0.25) is 0 Å². The fourth-order valence-electron chi connectivity index (χ4n) is 2.12. The number of nitrogens with zero attached hydrogens (tertiary/aromatic N) is 1. The number of alkyl halides is 1. The average molecular weight is 263 g/mol.